The van der Waals surface area contributed by atoms with Crippen molar-refractivity contribution in [3.63, 3.8) is 0 Å². The highest BCUT2D eigenvalue weighted by molar-refractivity contribution is 5.44. The number of aromatic nitrogens is 2. The van der Waals surface area contributed by atoms with Crippen LogP contribution < -0.4 is 20.1 Å². The van der Waals surface area contributed by atoms with Crippen LogP contribution in [0.2, 0.25) is 0 Å². The number of fused-ring (bicyclic) bond motifs is 1. The summed E-state index contributed by atoms with van der Waals surface area (Å²) in [5, 5.41) is 0. The molecule has 6 nitrogen and oxygen atoms in total. The number of nitrogens with zero attached hydrogens (tertiary/aromatic N) is 3. The summed E-state index contributed by atoms with van der Waals surface area (Å²) in [4.78, 5) is 18.2. The average Bonchev–Trinajstić information content (AvgIpc) is 2.58. The van der Waals surface area contributed by atoms with E-state index in [0.29, 0.717) is 18.2 Å². The number of halogens is 1. The van der Waals surface area contributed by atoms with E-state index in [1.165, 1.54) is 6.07 Å². The number of anilines is 1. The summed E-state index contributed by atoms with van der Waals surface area (Å²) >= 11 is 0. The summed E-state index contributed by atoms with van der Waals surface area (Å²) in [7, 11) is 1.95. The van der Waals surface area contributed by atoms with Gasteiger partial charge in [0.25, 0.3) is 0 Å². The summed E-state index contributed by atoms with van der Waals surface area (Å²) in [6, 6.07) is 6.78. The van der Waals surface area contributed by atoms with Crippen LogP contribution in [0.15, 0.2) is 29.1 Å². The van der Waals surface area contributed by atoms with Gasteiger partial charge in [-0.3, -0.25) is 4.57 Å². The zero-order chi connectivity index (χ0) is 18.8. The van der Waals surface area contributed by atoms with E-state index in [0.717, 1.165) is 12.2 Å². The molecule has 140 valence electrons. The molecule has 2 aromatic rings. The van der Waals surface area contributed by atoms with E-state index < -0.39 is 5.82 Å². The van der Waals surface area contributed by atoms with E-state index >= 15 is 0 Å². The Bertz CT molecular complexity index is 850. The Kier molecular flexibility index (Phi) is 5.15. The predicted molar refractivity (Wildman–Crippen MR) is 97.5 cm³/mol. The Morgan fingerprint density at radius 3 is 2.81 bits per heavy atom. The number of hydrogen-bond donors (Lipinski definition) is 0. The molecule has 0 amide bonds. The molecule has 1 unspecified atom stereocenters. The smallest absolute Gasteiger partial charge is 0.352 e. The van der Waals surface area contributed by atoms with E-state index in [1.807, 2.05) is 25.8 Å². The van der Waals surface area contributed by atoms with Gasteiger partial charge in [-0.05, 0) is 44.9 Å². The van der Waals surface area contributed by atoms with Crippen molar-refractivity contribution in [3.8, 4) is 11.6 Å². The summed E-state index contributed by atoms with van der Waals surface area (Å²) in [5.74, 6) is 0.798. The fourth-order valence-electron chi connectivity index (χ4n) is 2.93. The third kappa shape index (κ3) is 3.81. The lowest BCUT2D eigenvalue weighted by Gasteiger charge is -2.34. The normalized spacial score (nSPS) is 16.5. The lowest BCUT2D eigenvalue weighted by Crippen LogP contribution is -2.41. The van der Waals surface area contributed by atoms with Crippen LogP contribution >= 0.6 is 0 Å². The molecule has 0 N–H and O–H groups in total. The molecule has 0 saturated heterocycles. The fraction of sp³-hybridized carbons (Fsp3) is 0.474. The fourth-order valence-corrected chi connectivity index (χ4v) is 2.93. The van der Waals surface area contributed by atoms with Crippen molar-refractivity contribution < 1.29 is 13.9 Å². The lowest BCUT2D eigenvalue weighted by molar-refractivity contribution is 0.230. The molecule has 0 fully saturated rings. The van der Waals surface area contributed by atoms with Gasteiger partial charge in [-0.25, -0.2) is 9.18 Å². The highest BCUT2D eigenvalue weighted by atomic mass is 19.1. The third-order valence-electron chi connectivity index (χ3n) is 4.50. The van der Waals surface area contributed by atoms with Crippen LogP contribution in [-0.4, -0.2) is 28.7 Å². The van der Waals surface area contributed by atoms with Crippen molar-refractivity contribution in [1.82, 2.24) is 9.55 Å². The maximum Gasteiger partial charge on any atom is 0.352 e. The molecule has 1 aliphatic rings. The van der Waals surface area contributed by atoms with Crippen molar-refractivity contribution in [2.45, 2.75) is 52.5 Å². The van der Waals surface area contributed by atoms with Crippen molar-refractivity contribution in [1.29, 1.82) is 0 Å². The van der Waals surface area contributed by atoms with Gasteiger partial charge >= 0.3 is 5.69 Å². The van der Waals surface area contributed by atoms with E-state index in [4.69, 9.17) is 9.47 Å². The average molecular weight is 361 g/mol. The maximum absolute atomic E-state index is 14.1. The van der Waals surface area contributed by atoms with Crippen LogP contribution in [0, 0.1) is 5.82 Å². The minimum absolute atomic E-state index is 0.0985. The monoisotopic (exact) mass is 361 g/mol. The second-order valence-electron chi connectivity index (χ2n) is 6.86. The molecule has 7 heteroatoms. The highest BCUT2D eigenvalue weighted by Gasteiger charge is 2.22. The van der Waals surface area contributed by atoms with Gasteiger partial charge in [0, 0.05) is 25.7 Å². The number of benzene rings is 1. The van der Waals surface area contributed by atoms with Gasteiger partial charge < -0.3 is 14.4 Å². The lowest BCUT2D eigenvalue weighted by atomic mass is 10.1. The molecular formula is C19H24FN3O3. The summed E-state index contributed by atoms with van der Waals surface area (Å²) in [6.07, 6.45) is 0.800. The zero-order valence-corrected chi connectivity index (χ0v) is 15.5. The number of ether oxygens (including phenoxy) is 2. The first-order valence-corrected chi connectivity index (χ1v) is 8.77. The van der Waals surface area contributed by atoms with Crippen LogP contribution in [0.3, 0.4) is 0 Å². The molecule has 0 bridgehead atoms. The molecular weight excluding hydrogens is 337 g/mol. The van der Waals surface area contributed by atoms with Gasteiger partial charge in [-0.1, -0.05) is 6.07 Å². The second kappa shape index (κ2) is 7.35. The molecule has 1 aromatic carbocycles. The standard InChI is InChI=1S/C19H24FN3O3/c1-12(2)26-16-6-5-14(9-15(16)20)11-25-17-10-18-22(4)13(3)7-8-23(18)19(24)21-17/h5-6,9-10,12-13H,7-8,11H2,1-4H3. The van der Waals surface area contributed by atoms with E-state index in [2.05, 4.69) is 11.9 Å². The quantitative estimate of drug-likeness (QED) is 0.819. The number of hydrogen-bond acceptors (Lipinski definition) is 5. The first kappa shape index (κ1) is 18.2. The van der Waals surface area contributed by atoms with Crippen LogP contribution in [0.25, 0.3) is 0 Å². The van der Waals surface area contributed by atoms with Crippen LogP contribution in [0.5, 0.6) is 11.6 Å². The maximum atomic E-state index is 14.1. The van der Waals surface area contributed by atoms with Crippen LogP contribution in [0.4, 0.5) is 10.2 Å². The second-order valence-corrected chi connectivity index (χ2v) is 6.86. The van der Waals surface area contributed by atoms with Crippen LogP contribution in [0.1, 0.15) is 32.8 Å². The van der Waals surface area contributed by atoms with Crippen molar-refractivity contribution >= 4 is 5.82 Å². The Labute approximate surface area is 152 Å². The molecule has 0 aliphatic carbocycles. The molecule has 26 heavy (non-hydrogen) atoms. The molecule has 1 aliphatic heterocycles. The number of rotatable bonds is 5. The SMILES string of the molecule is CC(C)Oc1ccc(COc2cc3n(c(=O)n2)CCC(C)N3C)cc1F. The molecule has 0 spiro atoms. The summed E-state index contributed by atoms with van der Waals surface area (Å²) in [5.41, 5.74) is 0.308. The molecule has 0 radical (unpaired) electrons. The molecule has 1 atom stereocenters. The molecule has 1 aromatic heterocycles. The Balaban J connectivity index is 1.75. The van der Waals surface area contributed by atoms with Crippen molar-refractivity contribution in [2.24, 2.45) is 0 Å². The van der Waals surface area contributed by atoms with E-state index in [1.54, 1.807) is 22.8 Å². The van der Waals surface area contributed by atoms with E-state index in [-0.39, 0.29) is 30.0 Å². The zero-order valence-electron chi connectivity index (χ0n) is 15.5. The van der Waals surface area contributed by atoms with Crippen LogP contribution in [-0.2, 0) is 13.2 Å². The molecule has 2 heterocycles. The minimum atomic E-state index is -0.438. The minimum Gasteiger partial charge on any atom is -0.488 e. The topological polar surface area (TPSA) is 56.6 Å². The summed E-state index contributed by atoms with van der Waals surface area (Å²) in [6.45, 7) is 6.56. The molecule has 3 rings (SSSR count). The molecule has 0 saturated carbocycles. The Hall–Kier alpha value is -2.57. The van der Waals surface area contributed by atoms with Gasteiger partial charge in [-0.15, -0.1) is 0 Å². The van der Waals surface area contributed by atoms with Gasteiger partial charge in [-0.2, -0.15) is 4.98 Å². The Morgan fingerprint density at radius 1 is 1.35 bits per heavy atom. The summed E-state index contributed by atoms with van der Waals surface area (Å²) < 4.78 is 26.7. The van der Waals surface area contributed by atoms with Crippen molar-refractivity contribution in [3.05, 3.63) is 46.1 Å². The van der Waals surface area contributed by atoms with Gasteiger partial charge in [0.15, 0.2) is 11.6 Å². The Morgan fingerprint density at radius 2 is 2.12 bits per heavy atom. The highest BCUT2D eigenvalue weighted by Crippen LogP contribution is 2.25. The predicted octanol–water partition coefficient (Wildman–Crippen LogP) is 2.98. The van der Waals surface area contributed by atoms with Gasteiger partial charge in [0.05, 0.1) is 6.10 Å². The van der Waals surface area contributed by atoms with E-state index in [9.17, 15) is 9.18 Å². The third-order valence-corrected chi connectivity index (χ3v) is 4.50. The first-order valence-electron chi connectivity index (χ1n) is 8.77. The largest absolute Gasteiger partial charge is 0.488 e. The van der Waals surface area contributed by atoms with Gasteiger partial charge in [0.2, 0.25) is 5.88 Å². The first-order chi connectivity index (χ1) is 12.3. The van der Waals surface area contributed by atoms with Gasteiger partial charge in [0.1, 0.15) is 12.4 Å². The van der Waals surface area contributed by atoms with Crippen molar-refractivity contribution in [2.75, 3.05) is 11.9 Å².